The van der Waals surface area contributed by atoms with E-state index in [0.29, 0.717) is 5.56 Å². The van der Waals surface area contributed by atoms with Gasteiger partial charge in [-0.05, 0) is 29.7 Å². The smallest absolute Gasteiger partial charge is 0.407 e. The first-order valence-corrected chi connectivity index (χ1v) is 8.76. The van der Waals surface area contributed by atoms with Gasteiger partial charge in [0.1, 0.15) is 6.61 Å². The van der Waals surface area contributed by atoms with Gasteiger partial charge in [0.25, 0.3) is 5.91 Å². The first-order valence-electron chi connectivity index (χ1n) is 8.76. The molecular weight excluding hydrogens is 383 g/mol. The lowest BCUT2D eigenvalue weighted by atomic mass is 10.0. The maximum absolute atomic E-state index is 13.6. The average Bonchev–Trinajstić information content (AvgIpc) is 2.73. The van der Waals surface area contributed by atoms with Crippen LogP contribution in [0.3, 0.4) is 0 Å². The maximum atomic E-state index is 13.6. The second-order valence-electron chi connectivity index (χ2n) is 6.27. The van der Waals surface area contributed by atoms with Crippen LogP contribution in [0.4, 0.5) is 9.18 Å². The number of alkyl carbamates (subject to hydrolysis) is 1. The van der Waals surface area contributed by atoms with E-state index < -0.39 is 35.7 Å². The number of nitrogens with one attached hydrogen (secondary N) is 1. The number of ether oxygens (including phenoxy) is 1. The lowest BCUT2D eigenvalue weighted by Gasteiger charge is -2.26. The SMILES string of the molecule is CON(C)C(=O)[C@@H](O)[C@@H](Cc1ccc(O)c(F)c1)NC(=O)OCc1ccccc1. The Hall–Kier alpha value is -3.17. The number of aliphatic hydroxyl groups excluding tert-OH is 1. The van der Waals surface area contributed by atoms with Gasteiger partial charge in [0.05, 0.1) is 13.2 Å². The number of nitrogens with zero attached hydrogens (tertiary/aromatic N) is 1. The fourth-order valence-corrected chi connectivity index (χ4v) is 2.54. The van der Waals surface area contributed by atoms with Crippen molar-refractivity contribution in [3.63, 3.8) is 0 Å². The number of rotatable bonds is 8. The summed E-state index contributed by atoms with van der Waals surface area (Å²) in [7, 11) is 2.55. The van der Waals surface area contributed by atoms with Crippen LogP contribution in [0, 0.1) is 5.82 Å². The van der Waals surface area contributed by atoms with Crippen LogP contribution in [0.2, 0.25) is 0 Å². The van der Waals surface area contributed by atoms with E-state index in [-0.39, 0.29) is 13.0 Å². The molecule has 0 aliphatic carbocycles. The molecule has 156 valence electrons. The van der Waals surface area contributed by atoms with E-state index in [1.807, 2.05) is 6.07 Å². The molecule has 9 heteroatoms. The van der Waals surface area contributed by atoms with Gasteiger partial charge < -0.3 is 20.3 Å². The molecule has 0 heterocycles. The zero-order valence-corrected chi connectivity index (χ0v) is 16.0. The summed E-state index contributed by atoms with van der Waals surface area (Å²) in [6.07, 6.45) is -2.63. The van der Waals surface area contributed by atoms with Crippen LogP contribution in [-0.4, -0.2) is 53.6 Å². The number of phenols is 1. The van der Waals surface area contributed by atoms with Crippen molar-refractivity contribution < 1.29 is 33.8 Å². The van der Waals surface area contributed by atoms with E-state index in [9.17, 15) is 24.2 Å². The topological polar surface area (TPSA) is 108 Å². The average molecular weight is 406 g/mol. The van der Waals surface area contributed by atoms with E-state index in [0.717, 1.165) is 22.8 Å². The van der Waals surface area contributed by atoms with Crippen LogP contribution in [0.25, 0.3) is 0 Å². The van der Waals surface area contributed by atoms with Gasteiger partial charge in [-0.1, -0.05) is 36.4 Å². The number of benzene rings is 2. The molecule has 2 amide bonds. The lowest BCUT2D eigenvalue weighted by Crippen LogP contribution is -2.52. The number of halogens is 1. The minimum Gasteiger partial charge on any atom is -0.505 e. The summed E-state index contributed by atoms with van der Waals surface area (Å²) < 4.78 is 18.7. The molecule has 0 radical (unpaired) electrons. The predicted molar refractivity (Wildman–Crippen MR) is 101 cm³/mol. The van der Waals surface area contributed by atoms with E-state index in [4.69, 9.17) is 9.57 Å². The van der Waals surface area contributed by atoms with E-state index in [2.05, 4.69) is 5.32 Å². The molecule has 8 nitrogen and oxygen atoms in total. The molecule has 0 spiro atoms. The van der Waals surface area contributed by atoms with Crippen molar-refractivity contribution in [2.75, 3.05) is 14.2 Å². The van der Waals surface area contributed by atoms with Crippen LogP contribution in [0.1, 0.15) is 11.1 Å². The van der Waals surface area contributed by atoms with Crippen LogP contribution < -0.4 is 5.32 Å². The molecule has 2 aromatic rings. The van der Waals surface area contributed by atoms with Gasteiger partial charge in [0.2, 0.25) is 0 Å². The third-order valence-corrected chi connectivity index (χ3v) is 4.20. The number of hydroxylamine groups is 2. The van der Waals surface area contributed by atoms with E-state index >= 15 is 0 Å². The summed E-state index contributed by atoms with van der Waals surface area (Å²) >= 11 is 0. The zero-order valence-electron chi connectivity index (χ0n) is 16.0. The summed E-state index contributed by atoms with van der Waals surface area (Å²) in [5, 5.41) is 23.0. The van der Waals surface area contributed by atoms with Gasteiger partial charge in [-0.25, -0.2) is 14.2 Å². The number of hydrogen-bond acceptors (Lipinski definition) is 6. The molecule has 2 aromatic carbocycles. The molecule has 2 rings (SSSR count). The first kappa shape index (κ1) is 22.1. The lowest BCUT2D eigenvalue weighted by molar-refractivity contribution is -0.179. The van der Waals surface area contributed by atoms with Gasteiger partial charge in [0, 0.05) is 7.05 Å². The van der Waals surface area contributed by atoms with Crippen molar-refractivity contribution in [3.8, 4) is 5.75 Å². The molecule has 0 bridgehead atoms. The standard InChI is InChI=1S/C20H23FN2O6/c1-23(28-2)19(26)18(25)16(11-14-8-9-17(24)15(21)10-14)22-20(27)29-12-13-6-4-3-5-7-13/h3-10,16,18,24-25H,11-12H2,1-2H3,(H,22,27)/t16-,18+/m1/s1. The van der Waals surface area contributed by atoms with Gasteiger partial charge in [-0.3, -0.25) is 9.63 Å². The van der Waals surface area contributed by atoms with Gasteiger partial charge in [-0.2, -0.15) is 0 Å². The van der Waals surface area contributed by atoms with Crippen LogP contribution in [-0.2, 0) is 27.4 Å². The highest BCUT2D eigenvalue weighted by Crippen LogP contribution is 2.18. The largest absolute Gasteiger partial charge is 0.505 e. The molecule has 0 aromatic heterocycles. The normalized spacial score (nSPS) is 12.7. The van der Waals surface area contributed by atoms with Crippen LogP contribution in [0.15, 0.2) is 48.5 Å². The second kappa shape index (κ2) is 10.4. The highest BCUT2D eigenvalue weighted by Gasteiger charge is 2.31. The number of amides is 2. The maximum Gasteiger partial charge on any atom is 0.407 e. The van der Waals surface area contributed by atoms with Gasteiger partial charge >= 0.3 is 6.09 Å². The number of aromatic hydroxyl groups is 1. The quantitative estimate of drug-likeness (QED) is 0.577. The van der Waals surface area contributed by atoms with Crippen molar-refractivity contribution in [2.24, 2.45) is 0 Å². The highest BCUT2D eigenvalue weighted by molar-refractivity contribution is 5.81. The Kier molecular flexibility index (Phi) is 7.93. The van der Waals surface area contributed by atoms with E-state index in [1.165, 1.54) is 20.2 Å². The third-order valence-electron chi connectivity index (χ3n) is 4.20. The summed E-state index contributed by atoms with van der Waals surface area (Å²) in [5.41, 5.74) is 1.11. The van der Waals surface area contributed by atoms with Crippen molar-refractivity contribution in [3.05, 3.63) is 65.5 Å². The van der Waals surface area contributed by atoms with Crippen LogP contribution >= 0.6 is 0 Å². The monoisotopic (exact) mass is 406 g/mol. The Bertz CT molecular complexity index is 833. The summed E-state index contributed by atoms with van der Waals surface area (Å²) in [5.74, 6) is -2.20. The van der Waals surface area contributed by atoms with E-state index in [1.54, 1.807) is 24.3 Å². The van der Waals surface area contributed by atoms with Crippen molar-refractivity contribution in [2.45, 2.75) is 25.2 Å². The Morgan fingerprint density at radius 2 is 1.86 bits per heavy atom. The Morgan fingerprint density at radius 1 is 1.17 bits per heavy atom. The molecule has 0 aliphatic heterocycles. The number of hydrogen-bond donors (Lipinski definition) is 3. The zero-order chi connectivity index (χ0) is 21.4. The molecular formula is C20H23FN2O6. The highest BCUT2D eigenvalue weighted by atomic mass is 19.1. The summed E-state index contributed by atoms with van der Waals surface area (Å²) in [4.78, 5) is 29.2. The summed E-state index contributed by atoms with van der Waals surface area (Å²) in [6.45, 7) is -0.00472. The molecule has 3 N–H and O–H groups in total. The molecule has 0 saturated carbocycles. The van der Waals surface area contributed by atoms with Crippen molar-refractivity contribution in [1.82, 2.24) is 10.4 Å². The van der Waals surface area contributed by atoms with Gasteiger partial charge in [-0.15, -0.1) is 0 Å². The fraction of sp³-hybridized carbons (Fsp3) is 0.300. The molecule has 0 aliphatic rings. The van der Waals surface area contributed by atoms with Crippen molar-refractivity contribution >= 4 is 12.0 Å². The Balaban J connectivity index is 2.11. The van der Waals surface area contributed by atoms with Crippen LogP contribution in [0.5, 0.6) is 5.75 Å². The predicted octanol–water partition coefficient (Wildman–Crippen LogP) is 1.75. The van der Waals surface area contributed by atoms with Gasteiger partial charge in [0.15, 0.2) is 17.7 Å². The number of phenolic OH excluding ortho intramolecular Hbond substituents is 1. The Morgan fingerprint density at radius 3 is 2.48 bits per heavy atom. The molecule has 2 atom stereocenters. The summed E-state index contributed by atoms with van der Waals surface area (Å²) in [6, 6.07) is 11.4. The molecule has 0 fully saturated rings. The number of likely N-dealkylation sites (N-methyl/N-ethyl adjacent to an activating group) is 1. The second-order valence-corrected chi connectivity index (χ2v) is 6.27. The molecule has 0 saturated heterocycles. The fourth-order valence-electron chi connectivity index (χ4n) is 2.54. The number of carbonyl (C=O) groups is 2. The Labute approximate surface area is 167 Å². The first-order chi connectivity index (χ1) is 13.8. The minimum atomic E-state index is -1.68. The number of carbonyl (C=O) groups excluding carboxylic acids is 2. The molecule has 29 heavy (non-hydrogen) atoms. The minimum absolute atomic E-state index is 0.00472. The third kappa shape index (κ3) is 6.44. The molecule has 0 unspecified atom stereocenters. The van der Waals surface area contributed by atoms with Crippen molar-refractivity contribution in [1.29, 1.82) is 0 Å². The number of aliphatic hydroxyl groups is 1.